The molecule has 0 aromatic heterocycles. The molecule has 0 radical (unpaired) electrons. The first-order valence-corrected chi connectivity index (χ1v) is 8.94. The van der Waals surface area contributed by atoms with Gasteiger partial charge in [0.15, 0.2) is 0 Å². The minimum Gasteiger partial charge on any atom is -0.465 e. The lowest BCUT2D eigenvalue weighted by Crippen LogP contribution is -2.41. The highest BCUT2D eigenvalue weighted by molar-refractivity contribution is 8.00. The van der Waals surface area contributed by atoms with E-state index in [-0.39, 0.29) is 15.7 Å². The van der Waals surface area contributed by atoms with E-state index in [1.807, 2.05) is 6.92 Å². The lowest BCUT2D eigenvalue weighted by Gasteiger charge is -2.30. The molecule has 0 saturated carbocycles. The molecule has 21 heavy (non-hydrogen) atoms. The van der Waals surface area contributed by atoms with Crippen molar-refractivity contribution in [1.29, 1.82) is 0 Å². The maximum atomic E-state index is 12.8. The third-order valence-electron chi connectivity index (χ3n) is 3.23. The molecule has 0 amide bonds. The van der Waals surface area contributed by atoms with E-state index in [4.69, 9.17) is 5.73 Å². The van der Waals surface area contributed by atoms with Gasteiger partial charge in [-0.15, -0.1) is 0 Å². The number of esters is 1. The van der Waals surface area contributed by atoms with Crippen LogP contribution in [0.1, 0.15) is 17.3 Å². The monoisotopic (exact) mass is 330 g/mol. The molecule has 2 rings (SSSR count). The Morgan fingerprint density at radius 2 is 2.19 bits per heavy atom. The molecule has 0 aliphatic carbocycles. The summed E-state index contributed by atoms with van der Waals surface area (Å²) in [5, 5.41) is 0.219. The smallest absolute Gasteiger partial charge is 0.339 e. The van der Waals surface area contributed by atoms with Gasteiger partial charge in [-0.25, -0.2) is 13.2 Å². The molecule has 1 unspecified atom stereocenters. The van der Waals surface area contributed by atoms with Gasteiger partial charge in [-0.2, -0.15) is 16.1 Å². The van der Waals surface area contributed by atoms with Crippen LogP contribution in [0.2, 0.25) is 0 Å². The molecule has 1 aliphatic rings. The number of nitrogens with zero attached hydrogens (tertiary/aromatic N) is 1. The van der Waals surface area contributed by atoms with Crippen molar-refractivity contribution in [3.63, 3.8) is 0 Å². The third-order valence-corrected chi connectivity index (χ3v) is 6.27. The summed E-state index contributed by atoms with van der Waals surface area (Å²) in [7, 11) is -2.55. The highest BCUT2D eigenvalue weighted by Gasteiger charge is 2.32. The van der Waals surface area contributed by atoms with Gasteiger partial charge in [0.25, 0.3) is 0 Å². The van der Waals surface area contributed by atoms with E-state index in [2.05, 4.69) is 4.74 Å². The number of hydrogen-bond acceptors (Lipinski definition) is 6. The number of rotatable bonds is 3. The summed E-state index contributed by atoms with van der Waals surface area (Å²) in [4.78, 5) is 11.7. The minimum atomic E-state index is -3.76. The molecule has 6 nitrogen and oxygen atoms in total. The average Bonchev–Trinajstić information content (AvgIpc) is 2.46. The summed E-state index contributed by atoms with van der Waals surface area (Å²) >= 11 is 1.73. The topological polar surface area (TPSA) is 89.7 Å². The van der Waals surface area contributed by atoms with Gasteiger partial charge in [-0.3, -0.25) is 0 Å². The zero-order valence-electron chi connectivity index (χ0n) is 11.9. The molecule has 1 aliphatic heterocycles. The summed E-state index contributed by atoms with van der Waals surface area (Å²) in [5.41, 5.74) is 5.99. The molecule has 1 aromatic rings. The second-order valence-corrected chi connectivity index (χ2v) is 8.24. The number of sulfonamides is 1. The van der Waals surface area contributed by atoms with E-state index >= 15 is 0 Å². The molecule has 1 atom stereocenters. The fourth-order valence-electron chi connectivity index (χ4n) is 2.17. The summed E-state index contributed by atoms with van der Waals surface area (Å²) < 4.78 is 31.6. The standard InChI is InChI=1S/C13H18N2O4S2/c1-9-8-15(5-6-20-9)21(17,18)12-7-10(14)3-4-11(12)13(16)19-2/h3-4,7,9H,5-6,8,14H2,1-2H3. The lowest BCUT2D eigenvalue weighted by molar-refractivity contribution is 0.0596. The van der Waals surface area contributed by atoms with Gasteiger partial charge in [0, 0.05) is 29.8 Å². The van der Waals surface area contributed by atoms with Crippen LogP contribution in [0.3, 0.4) is 0 Å². The van der Waals surface area contributed by atoms with Gasteiger partial charge >= 0.3 is 5.97 Å². The summed E-state index contributed by atoms with van der Waals surface area (Å²) in [5.74, 6) is 0.0454. The second kappa shape index (κ2) is 6.25. The molecule has 1 aromatic carbocycles. The van der Waals surface area contributed by atoms with Crippen molar-refractivity contribution in [2.45, 2.75) is 17.1 Å². The van der Waals surface area contributed by atoms with Gasteiger partial charge in [0.2, 0.25) is 10.0 Å². The molecule has 8 heteroatoms. The Hall–Kier alpha value is -1.25. The maximum absolute atomic E-state index is 12.8. The van der Waals surface area contributed by atoms with Crippen LogP contribution in [0.15, 0.2) is 23.1 Å². The Kier molecular flexibility index (Phi) is 4.80. The van der Waals surface area contributed by atoms with Gasteiger partial charge in [-0.1, -0.05) is 6.92 Å². The average molecular weight is 330 g/mol. The molecule has 1 fully saturated rings. The Balaban J connectivity index is 2.48. The first-order chi connectivity index (χ1) is 9.86. The van der Waals surface area contributed by atoms with Crippen LogP contribution in [0.5, 0.6) is 0 Å². The molecular weight excluding hydrogens is 312 g/mol. The zero-order chi connectivity index (χ0) is 15.6. The zero-order valence-corrected chi connectivity index (χ0v) is 13.5. The van der Waals surface area contributed by atoms with Crippen LogP contribution in [-0.2, 0) is 14.8 Å². The summed E-state index contributed by atoms with van der Waals surface area (Å²) in [6.45, 7) is 2.82. The number of benzene rings is 1. The largest absolute Gasteiger partial charge is 0.465 e. The first-order valence-electron chi connectivity index (χ1n) is 6.46. The van der Waals surface area contributed by atoms with Gasteiger partial charge in [0.1, 0.15) is 0 Å². The molecule has 2 N–H and O–H groups in total. The van der Waals surface area contributed by atoms with Gasteiger partial charge in [0.05, 0.1) is 17.6 Å². The van der Waals surface area contributed by atoms with Crippen molar-refractivity contribution in [2.75, 3.05) is 31.7 Å². The van der Waals surface area contributed by atoms with E-state index < -0.39 is 16.0 Å². The predicted octanol–water partition coefficient (Wildman–Crippen LogP) is 1.18. The van der Waals surface area contributed by atoms with Crippen molar-refractivity contribution in [1.82, 2.24) is 4.31 Å². The number of anilines is 1. The lowest BCUT2D eigenvalue weighted by atomic mass is 10.2. The van der Waals surface area contributed by atoms with Crippen molar-refractivity contribution in [3.8, 4) is 0 Å². The Labute approximate surface area is 128 Å². The fraction of sp³-hybridized carbons (Fsp3) is 0.462. The van der Waals surface area contributed by atoms with Gasteiger partial charge in [-0.05, 0) is 18.2 Å². The third kappa shape index (κ3) is 3.33. The Bertz CT molecular complexity index is 646. The number of carbonyl (C=O) groups is 1. The highest BCUT2D eigenvalue weighted by Crippen LogP contribution is 2.27. The van der Waals surface area contributed by atoms with Crippen molar-refractivity contribution < 1.29 is 17.9 Å². The van der Waals surface area contributed by atoms with Crippen LogP contribution in [0, 0.1) is 0 Å². The quantitative estimate of drug-likeness (QED) is 0.661. The minimum absolute atomic E-state index is 0.0116. The van der Waals surface area contributed by atoms with Crippen molar-refractivity contribution in [3.05, 3.63) is 23.8 Å². The maximum Gasteiger partial charge on any atom is 0.339 e. The SMILES string of the molecule is COC(=O)c1ccc(N)cc1S(=O)(=O)N1CCSC(C)C1. The number of carbonyl (C=O) groups excluding carboxylic acids is 1. The molecule has 1 saturated heterocycles. The van der Waals surface area contributed by atoms with E-state index in [1.54, 1.807) is 11.8 Å². The highest BCUT2D eigenvalue weighted by atomic mass is 32.2. The number of nitrogen functional groups attached to an aromatic ring is 1. The Morgan fingerprint density at radius 3 is 2.81 bits per heavy atom. The summed E-state index contributed by atoms with van der Waals surface area (Å²) in [6.07, 6.45) is 0. The normalized spacial score (nSPS) is 20.2. The summed E-state index contributed by atoms with van der Waals surface area (Å²) in [6, 6.07) is 4.18. The molecule has 1 heterocycles. The molecule has 116 valence electrons. The van der Waals surface area contributed by atoms with Crippen LogP contribution in [0.25, 0.3) is 0 Å². The van der Waals surface area contributed by atoms with Gasteiger partial charge < -0.3 is 10.5 Å². The van der Waals surface area contributed by atoms with Crippen LogP contribution < -0.4 is 5.73 Å². The van der Waals surface area contributed by atoms with Crippen LogP contribution in [0.4, 0.5) is 5.69 Å². The van der Waals surface area contributed by atoms with E-state index in [9.17, 15) is 13.2 Å². The van der Waals surface area contributed by atoms with E-state index in [0.717, 1.165) is 5.75 Å². The Morgan fingerprint density at radius 1 is 1.48 bits per heavy atom. The number of nitrogens with two attached hydrogens (primary N) is 1. The first kappa shape index (κ1) is 16.1. The molecule has 0 spiro atoms. The van der Waals surface area contributed by atoms with E-state index in [1.165, 1.54) is 29.6 Å². The van der Waals surface area contributed by atoms with Crippen LogP contribution >= 0.6 is 11.8 Å². The predicted molar refractivity (Wildman–Crippen MR) is 82.9 cm³/mol. The molecule has 0 bridgehead atoms. The second-order valence-electron chi connectivity index (χ2n) is 4.79. The number of hydrogen-bond donors (Lipinski definition) is 1. The van der Waals surface area contributed by atoms with Crippen LogP contribution in [-0.4, -0.2) is 49.9 Å². The van der Waals surface area contributed by atoms with Crippen molar-refractivity contribution >= 4 is 33.4 Å². The number of ether oxygens (including phenoxy) is 1. The molecular formula is C13H18N2O4S2. The number of thioether (sulfide) groups is 1. The van der Waals surface area contributed by atoms with Crippen molar-refractivity contribution in [2.24, 2.45) is 0 Å². The number of methoxy groups -OCH3 is 1. The fourth-order valence-corrected chi connectivity index (χ4v) is 5.14. The van der Waals surface area contributed by atoms with E-state index in [0.29, 0.717) is 18.8 Å².